The first kappa shape index (κ1) is 14.6. The van der Waals surface area contributed by atoms with Gasteiger partial charge in [0.1, 0.15) is 0 Å². The fraction of sp³-hybridized carbons (Fsp3) is 0.188. The van der Waals surface area contributed by atoms with Crippen LogP contribution in [0.4, 0.5) is 11.4 Å². The molecule has 4 heteroatoms. The number of carbonyl (C=O) groups is 1. The van der Waals surface area contributed by atoms with Crippen LogP contribution in [-0.2, 0) is 17.6 Å². The lowest BCUT2D eigenvalue weighted by molar-refractivity contribution is -0.115. The van der Waals surface area contributed by atoms with Gasteiger partial charge in [-0.1, -0.05) is 41.1 Å². The van der Waals surface area contributed by atoms with Crippen molar-refractivity contribution in [3.05, 3.63) is 58.1 Å². The fourth-order valence-electron chi connectivity index (χ4n) is 2.03. The summed E-state index contributed by atoms with van der Waals surface area (Å²) >= 11 is 3.40. The highest BCUT2D eigenvalue weighted by molar-refractivity contribution is 9.10. The van der Waals surface area contributed by atoms with Crippen molar-refractivity contribution in [3.63, 3.8) is 0 Å². The summed E-state index contributed by atoms with van der Waals surface area (Å²) in [5.74, 6) is -0.0493. The molecule has 0 unspecified atom stereocenters. The van der Waals surface area contributed by atoms with Gasteiger partial charge in [0.2, 0.25) is 5.91 Å². The maximum atomic E-state index is 12.0. The molecule has 0 bridgehead atoms. The Morgan fingerprint density at radius 3 is 2.70 bits per heavy atom. The molecule has 3 N–H and O–H groups in total. The van der Waals surface area contributed by atoms with Crippen LogP contribution in [0.15, 0.2) is 46.9 Å². The molecule has 0 aromatic heterocycles. The molecule has 20 heavy (non-hydrogen) atoms. The Kier molecular flexibility index (Phi) is 4.79. The van der Waals surface area contributed by atoms with Crippen LogP contribution in [0.5, 0.6) is 0 Å². The van der Waals surface area contributed by atoms with Crippen molar-refractivity contribution >= 4 is 33.2 Å². The van der Waals surface area contributed by atoms with Gasteiger partial charge in [-0.3, -0.25) is 4.79 Å². The molecule has 2 aromatic carbocycles. The van der Waals surface area contributed by atoms with Crippen molar-refractivity contribution in [2.45, 2.75) is 19.8 Å². The minimum atomic E-state index is -0.0493. The van der Waals surface area contributed by atoms with E-state index in [4.69, 9.17) is 5.73 Å². The minimum absolute atomic E-state index is 0.0493. The van der Waals surface area contributed by atoms with Crippen LogP contribution in [0.3, 0.4) is 0 Å². The van der Waals surface area contributed by atoms with E-state index in [1.54, 1.807) is 6.07 Å². The highest BCUT2D eigenvalue weighted by atomic mass is 79.9. The SMILES string of the molecule is CCc1ccc(NC(=O)Cc2cccc(Br)c2)cc1N. The first-order chi connectivity index (χ1) is 9.58. The van der Waals surface area contributed by atoms with Crippen LogP contribution in [0.25, 0.3) is 0 Å². The number of hydrogen-bond donors (Lipinski definition) is 2. The molecule has 104 valence electrons. The first-order valence-corrected chi connectivity index (χ1v) is 7.30. The average Bonchev–Trinajstić information content (AvgIpc) is 2.38. The van der Waals surface area contributed by atoms with E-state index in [9.17, 15) is 4.79 Å². The van der Waals surface area contributed by atoms with Crippen molar-refractivity contribution in [2.24, 2.45) is 0 Å². The number of nitrogens with two attached hydrogens (primary N) is 1. The topological polar surface area (TPSA) is 55.1 Å². The summed E-state index contributed by atoms with van der Waals surface area (Å²) in [5.41, 5.74) is 9.43. The third-order valence-corrected chi connectivity index (χ3v) is 3.56. The van der Waals surface area contributed by atoms with Crippen molar-refractivity contribution in [1.29, 1.82) is 0 Å². The zero-order chi connectivity index (χ0) is 14.5. The average molecular weight is 333 g/mol. The van der Waals surface area contributed by atoms with Crippen LogP contribution < -0.4 is 11.1 Å². The van der Waals surface area contributed by atoms with Gasteiger partial charge in [-0.05, 0) is 41.8 Å². The normalized spacial score (nSPS) is 10.3. The van der Waals surface area contributed by atoms with Crippen LogP contribution in [0.1, 0.15) is 18.1 Å². The number of aryl methyl sites for hydroxylation is 1. The van der Waals surface area contributed by atoms with E-state index in [2.05, 4.69) is 28.2 Å². The number of rotatable bonds is 4. The van der Waals surface area contributed by atoms with E-state index in [1.807, 2.05) is 36.4 Å². The molecule has 0 aliphatic rings. The maximum Gasteiger partial charge on any atom is 0.228 e. The lowest BCUT2D eigenvalue weighted by atomic mass is 10.1. The molecule has 0 atom stereocenters. The lowest BCUT2D eigenvalue weighted by Gasteiger charge is -2.09. The van der Waals surface area contributed by atoms with Gasteiger partial charge in [-0.15, -0.1) is 0 Å². The number of carbonyl (C=O) groups excluding carboxylic acids is 1. The Morgan fingerprint density at radius 1 is 1.25 bits per heavy atom. The quantitative estimate of drug-likeness (QED) is 0.837. The van der Waals surface area contributed by atoms with Gasteiger partial charge in [-0.25, -0.2) is 0 Å². The Bertz CT molecular complexity index is 626. The molecule has 0 saturated carbocycles. The zero-order valence-corrected chi connectivity index (χ0v) is 12.9. The second kappa shape index (κ2) is 6.57. The minimum Gasteiger partial charge on any atom is -0.398 e. The number of nitrogens with one attached hydrogen (secondary N) is 1. The first-order valence-electron chi connectivity index (χ1n) is 6.51. The van der Waals surface area contributed by atoms with Crippen molar-refractivity contribution in [3.8, 4) is 0 Å². The van der Waals surface area contributed by atoms with Gasteiger partial charge < -0.3 is 11.1 Å². The highest BCUT2D eigenvalue weighted by Gasteiger charge is 2.06. The molecule has 0 fully saturated rings. The molecule has 0 aliphatic carbocycles. The predicted octanol–water partition coefficient (Wildman–Crippen LogP) is 3.77. The van der Waals surface area contributed by atoms with Gasteiger partial charge in [0.25, 0.3) is 0 Å². The molecular weight excluding hydrogens is 316 g/mol. The summed E-state index contributed by atoms with van der Waals surface area (Å²) in [4.78, 5) is 12.0. The molecular formula is C16H17BrN2O. The van der Waals surface area contributed by atoms with Crippen molar-refractivity contribution in [2.75, 3.05) is 11.1 Å². The molecule has 0 heterocycles. The maximum absolute atomic E-state index is 12.0. The number of benzene rings is 2. The van der Waals surface area contributed by atoms with Gasteiger partial charge in [0.15, 0.2) is 0 Å². The Labute approximate surface area is 127 Å². The largest absolute Gasteiger partial charge is 0.398 e. The molecule has 3 nitrogen and oxygen atoms in total. The van der Waals surface area contributed by atoms with E-state index in [1.165, 1.54) is 0 Å². The van der Waals surface area contributed by atoms with E-state index in [-0.39, 0.29) is 5.91 Å². The van der Waals surface area contributed by atoms with Crippen molar-refractivity contribution < 1.29 is 4.79 Å². The molecule has 0 spiro atoms. The van der Waals surface area contributed by atoms with E-state index in [0.717, 1.165) is 27.7 Å². The summed E-state index contributed by atoms with van der Waals surface area (Å²) in [6.07, 6.45) is 1.23. The number of hydrogen-bond acceptors (Lipinski definition) is 2. The summed E-state index contributed by atoms with van der Waals surface area (Å²) in [7, 11) is 0. The van der Waals surface area contributed by atoms with Crippen LogP contribution in [0.2, 0.25) is 0 Å². The summed E-state index contributed by atoms with van der Waals surface area (Å²) in [5, 5.41) is 2.87. The Morgan fingerprint density at radius 2 is 2.05 bits per heavy atom. The summed E-state index contributed by atoms with van der Waals surface area (Å²) < 4.78 is 0.972. The molecule has 2 rings (SSSR count). The van der Waals surface area contributed by atoms with E-state index < -0.39 is 0 Å². The predicted molar refractivity (Wildman–Crippen MR) is 86.7 cm³/mol. The highest BCUT2D eigenvalue weighted by Crippen LogP contribution is 2.19. The zero-order valence-electron chi connectivity index (χ0n) is 11.3. The molecule has 0 aliphatic heterocycles. The monoisotopic (exact) mass is 332 g/mol. The van der Waals surface area contributed by atoms with Gasteiger partial charge in [-0.2, -0.15) is 0 Å². The van der Waals surface area contributed by atoms with Crippen molar-refractivity contribution in [1.82, 2.24) is 0 Å². The third-order valence-electron chi connectivity index (χ3n) is 3.06. The van der Waals surface area contributed by atoms with Crippen LogP contribution in [0, 0.1) is 0 Å². The van der Waals surface area contributed by atoms with Gasteiger partial charge in [0, 0.05) is 15.8 Å². The number of anilines is 2. The fourth-order valence-corrected chi connectivity index (χ4v) is 2.48. The van der Waals surface area contributed by atoms with Gasteiger partial charge in [0.05, 0.1) is 6.42 Å². The second-order valence-electron chi connectivity index (χ2n) is 4.62. The number of halogens is 1. The molecule has 0 radical (unpaired) electrons. The second-order valence-corrected chi connectivity index (χ2v) is 5.54. The summed E-state index contributed by atoms with van der Waals surface area (Å²) in [6, 6.07) is 13.4. The third kappa shape index (κ3) is 3.84. The molecule has 0 saturated heterocycles. The van der Waals surface area contributed by atoms with Crippen LogP contribution in [-0.4, -0.2) is 5.91 Å². The number of nitrogen functional groups attached to an aromatic ring is 1. The van der Waals surface area contributed by atoms with E-state index >= 15 is 0 Å². The van der Waals surface area contributed by atoms with Gasteiger partial charge >= 0.3 is 0 Å². The molecule has 1 amide bonds. The molecule has 2 aromatic rings. The number of amides is 1. The lowest BCUT2D eigenvalue weighted by Crippen LogP contribution is -2.14. The Balaban J connectivity index is 2.03. The standard InChI is InChI=1S/C16H17BrN2O/c1-2-12-6-7-14(10-15(12)18)19-16(20)9-11-4-3-5-13(17)8-11/h3-8,10H,2,9,18H2,1H3,(H,19,20). The smallest absolute Gasteiger partial charge is 0.228 e. The van der Waals surface area contributed by atoms with E-state index in [0.29, 0.717) is 12.1 Å². The summed E-state index contributed by atoms with van der Waals surface area (Å²) in [6.45, 7) is 2.05. The van der Waals surface area contributed by atoms with Crippen LogP contribution >= 0.6 is 15.9 Å². The Hall–Kier alpha value is -1.81.